The van der Waals surface area contributed by atoms with Crippen molar-refractivity contribution in [2.24, 2.45) is 0 Å². The Balaban J connectivity index is 2.20. The van der Waals surface area contributed by atoms with Crippen molar-refractivity contribution in [1.29, 1.82) is 0 Å². The van der Waals surface area contributed by atoms with E-state index in [9.17, 15) is 9.90 Å². The molecular formula is C12H24N2O4. The summed E-state index contributed by atoms with van der Waals surface area (Å²) in [5.74, 6) is 0. The van der Waals surface area contributed by atoms with Gasteiger partial charge in [0.25, 0.3) is 0 Å². The lowest BCUT2D eigenvalue weighted by molar-refractivity contribution is -0.0141. The number of rotatable bonds is 5. The van der Waals surface area contributed by atoms with Gasteiger partial charge in [-0.25, -0.2) is 4.79 Å². The van der Waals surface area contributed by atoms with Gasteiger partial charge in [0, 0.05) is 32.7 Å². The maximum absolute atomic E-state index is 11.3. The van der Waals surface area contributed by atoms with Gasteiger partial charge in [0.1, 0.15) is 0 Å². The Bertz CT molecular complexity index is 252. The van der Waals surface area contributed by atoms with Gasteiger partial charge in [-0.2, -0.15) is 0 Å². The molecule has 1 N–H and O–H groups in total. The number of aliphatic hydroxyl groups is 1. The van der Waals surface area contributed by atoms with E-state index in [1.54, 1.807) is 4.90 Å². The molecule has 1 unspecified atom stereocenters. The van der Waals surface area contributed by atoms with Crippen LogP contribution >= 0.6 is 0 Å². The first-order chi connectivity index (χ1) is 8.52. The molecule has 1 atom stereocenters. The first-order valence-corrected chi connectivity index (χ1v) is 6.38. The van der Waals surface area contributed by atoms with Crippen LogP contribution in [0.2, 0.25) is 0 Å². The van der Waals surface area contributed by atoms with E-state index in [2.05, 4.69) is 9.64 Å². The van der Waals surface area contributed by atoms with Crippen LogP contribution in [0.15, 0.2) is 0 Å². The van der Waals surface area contributed by atoms with Gasteiger partial charge in [-0.15, -0.1) is 0 Å². The normalized spacial score (nSPS) is 19.1. The Morgan fingerprint density at radius 2 is 1.89 bits per heavy atom. The molecule has 0 bridgehead atoms. The van der Waals surface area contributed by atoms with E-state index in [-0.39, 0.29) is 12.2 Å². The monoisotopic (exact) mass is 260 g/mol. The van der Waals surface area contributed by atoms with E-state index in [0.717, 1.165) is 13.1 Å². The fourth-order valence-electron chi connectivity index (χ4n) is 1.90. The van der Waals surface area contributed by atoms with Crippen molar-refractivity contribution in [1.82, 2.24) is 9.80 Å². The summed E-state index contributed by atoms with van der Waals surface area (Å²) in [5, 5.41) is 9.80. The molecule has 1 aliphatic heterocycles. The van der Waals surface area contributed by atoms with Crippen LogP contribution in [-0.4, -0.2) is 79.6 Å². The topological polar surface area (TPSA) is 62.2 Å². The molecule has 0 aromatic heterocycles. The first-order valence-electron chi connectivity index (χ1n) is 6.38. The largest absolute Gasteiger partial charge is 0.453 e. The molecule has 0 aliphatic carbocycles. The molecule has 1 fully saturated rings. The molecule has 1 rings (SSSR count). The highest BCUT2D eigenvalue weighted by atomic mass is 16.5. The number of β-amino-alcohol motifs (C(OH)–C–C–N with tert-alkyl or cyclic N) is 1. The average molecular weight is 260 g/mol. The Morgan fingerprint density at radius 3 is 2.39 bits per heavy atom. The van der Waals surface area contributed by atoms with Crippen molar-refractivity contribution in [3.05, 3.63) is 0 Å². The van der Waals surface area contributed by atoms with E-state index in [0.29, 0.717) is 26.2 Å². The molecule has 0 spiro atoms. The van der Waals surface area contributed by atoms with Gasteiger partial charge in [0.2, 0.25) is 0 Å². The number of aliphatic hydroxyl groups excluding tert-OH is 1. The minimum Gasteiger partial charge on any atom is -0.453 e. The number of carbonyl (C=O) groups excluding carboxylic acids is 1. The third-order valence-corrected chi connectivity index (χ3v) is 2.90. The van der Waals surface area contributed by atoms with Gasteiger partial charge in [0.05, 0.1) is 25.9 Å². The maximum atomic E-state index is 11.3. The predicted molar refractivity (Wildman–Crippen MR) is 67.5 cm³/mol. The lowest BCUT2D eigenvalue weighted by Gasteiger charge is -2.34. The third-order valence-electron chi connectivity index (χ3n) is 2.90. The molecule has 106 valence electrons. The Morgan fingerprint density at radius 1 is 1.28 bits per heavy atom. The van der Waals surface area contributed by atoms with Crippen LogP contribution in [0.1, 0.15) is 13.8 Å². The lowest BCUT2D eigenvalue weighted by atomic mass is 10.2. The molecule has 6 heteroatoms. The summed E-state index contributed by atoms with van der Waals surface area (Å²) < 4.78 is 10.0. The lowest BCUT2D eigenvalue weighted by Crippen LogP contribution is -2.50. The number of piperazine rings is 1. The minimum atomic E-state index is -0.475. The summed E-state index contributed by atoms with van der Waals surface area (Å²) in [4.78, 5) is 15.1. The van der Waals surface area contributed by atoms with Crippen LogP contribution in [0.5, 0.6) is 0 Å². The van der Waals surface area contributed by atoms with E-state index in [1.165, 1.54) is 7.11 Å². The standard InChI is InChI=1S/C12H24N2O4/c1-10(2)18-9-11(15)8-13-4-6-14(7-5-13)12(16)17-3/h10-11,15H,4-9H2,1-3H3. The molecule has 1 saturated heterocycles. The summed E-state index contributed by atoms with van der Waals surface area (Å²) in [6, 6.07) is 0. The van der Waals surface area contributed by atoms with E-state index in [1.807, 2.05) is 13.8 Å². The summed E-state index contributed by atoms with van der Waals surface area (Å²) in [7, 11) is 1.39. The zero-order chi connectivity index (χ0) is 13.5. The van der Waals surface area contributed by atoms with E-state index in [4.69, 9.17) is 4.74 Å². The van der Waals surface area contributed by atoms with Crippen LogP contribution < -0.4 is 0 Å². The molecule has 0 radical (unpaired) electrons. The molecule has 0 saturated carbocycles. The minimum absolute atomic E-state index is 0.135. The third kappa shape index (κ3) is 5.20. The Hall–Kier alpha value is -0.850. The quantitative estimate of drug-likeness (QED) is 0.763. The number of ether oxygens (including phenoxy) is 2. The van der Waals surface area contributed by atoms with E-state index >= 15 is 0 Å². The molecule has 0 aromatic carbocycles. The Kier molecular flexibility index (Phi) is 6.38. The fraction of sp³-hybridized carbons (Fsp3) is 0.917. The zero-order valence-corrected chi connectivity index (χ0v) is 11.5. The summed E-state index contributed by atoms with van der Waals surface area (Å²) in [6.07, 6.45) is -0.619. The highest BCUT2D eigenvalue weighted by Gasteiger charge is 2.22. The summed E-state index contributed by atoms with van der Waals surface area (Å²) in [5.41, 5.74) is 0. The number of hydrogen-bond acceptors (Lipinski definition) is 5. The van der Waals surface area contributed by atoms with E-state index < -0.39 is 6.10 Å². The number of nitrogens with zero attached hydrogens (tertiary/aromatic N) is 2. The van der Waals surface area contributed by atoms with Crippen molar-refractivity contribution in [3.8, 4) is 0 Å². The zero-order valence-electron chi connectivity index (χ0n) is 11.5. The van der Waals surface area contributed by atoms with Crippen LogP contribution in [0.25, 0.3) is 0 Å². The van der Waals surface area contributed by atoms with Gasteiger partial charge < -0.3 is 19.5 Å². The average Bonchev–Trinajstić information content (AvgIpc) is 2.36. The smallest absolute Gasteiger partial charge is 0.409 e. The molecule has 0 aromatic rings. The number of amides is 1. The second kappa shape index (κ2) is 7.56. The van der Waals surface area contributed by atoms with Gasteiger partial charge >= 0.3 is 6.09 Å². The van der Waals surface area contributed by atoms with Crippen LogP contribution in [0, 0.1) is 0 Å². The van der Waals surface area contributed by atoms with Gasteiger partial charge in [-0.05, 0) is 13.8 Å². The van der Waals surface area contributed by atoms with Crippen molar-refractivity contribution in [3.63, 3.8) is 0 Å². The van der Waals surface area contributed by atoms with Crippen LogP contribution in [0.4, 0.5) is 4.79 Å². The number of carbonyl (C=O) groups is 1. The molecule has 6 nitrogen and oxygen atoms in total. The summed E-state index contributed by atoms with van der Waals surface area (Å²) >= 11 is 0. The van der Waals surface area contributed by atoms with Crippen molar-refractivity contribution >= 4 is 6.09 Å². The highest BCUT2D eigenvalue weighted by molar-refractivity contribution is 5.67. The number of hydrogen-bond donors (Lipinski definition) is 1. The van der Waals surface area contributed by atoms with Gasteiger partial charge in [-0.1, -0.05) is 0 Å². The second-order valence-corrected chi connectivity index (χ2v) is 4.79. The Labute approximate surface area is 108 Å². The van der Waals surface area contributed by atoms with Crippen molar-refractivity contribution < 1.29 is 19.4 Å². The van der Waals surface area contributed by atoms with Gasteiger partial charge in [-0.3, -0.25) is 4.90 Å². The summed E-state index contributed by atoms with van der Waals surface area (Å²) in [6.45, 7) is 7.64. The van der Waals surface area contributed by atoms with Crippen molar-refractivity contribution in [2.75, 3.05) is 46.4 Å². The van der Waals surface area contributed by atoms with Crippen molar-refractivity contribution in [2.45, 2.75) is 26.1 Å². The fourth-order valence-corrected chi connectivity index (χ4v) is 1.90. The molecular weight excluding hydrogens is 236 g/mol. The molecule has 18 heavy (non-hydrogen) atoms. The molecule has 1 amide bonds. The van der Waals surface area contributed by atoms with Crippen LogP contribution in [0.3, 0.4) is 0 Å². The predicted octanol–water partition coefficient (Wildman–Crippen LogP) is 0.156. The first kappa shape index (κ1) is 15.2. The highest BCUT2D eigenvalue weighted by Crippen LogP contribution is 2.04. The SMILES string of the molecule is COC(=O)N1CCN(CC(O)COC(C)C)CC1. The molecule has 1 aliphatic rings. The second-order valence-electron chi connectivity index (χ2n) is 4.79. The maximum Gasteiger partial charge on any atom is 0.409 e. The van der Waals surface area contributed by atoms with Crippen LogP contribution in [-0.2, 0) is 9.47 Å². The molecule has 1 heterocycles. The number of methoxy groups -OCH3 is 1. The van der Waals surface area contributed by atoms with Gasteiger partial charge in [0.15, 0.2) is 0 Å².